The molecule has 0 aliphatic carbocycles. The number of benzene rings is 1. The van der Waals surface area contributed by atoms with Gasteiger partial charge in [-0.1, -0.05) is 0 Å². The third-order valence-electron chi connectivity index (χ3n) is 3.21. The Morgan fingerprint density at radius 1 is 1.42 bits per heavy atom. The van der Waals surface area contributed by atoms with Gasteiger partial charge in [-0.05, 0) is 24.6 Å². The largest absolute Gasteiger partial charge is 0.399 e. The number of H-pyrrole nitrogens is 1. The lowest BCUT2D eigenvalue weighted by atomic mass is 10.2. The molecule has 3 rings (SSSR count). The van der Waals surface area contributed by atoms with Gasteiger partial charge in [-0.25, -0.2) is 13.1 Å². The minimum atomic E-state index is -3.56. The standard InChI is InChI=1S/C12H15N3O3S/c13-8-1-2-11-10(5-8)12(6-14-11)19(16,17)15-9-3-4-18-7-9/h1-2,5-6,9,14-15H,3-4,7,13H2. The zero-order chi connectivity index (χ0) is 13.5. The minimum Gasteiger partial charge on any atom is -0.399 e. The predicted molar refractivity (Wildman–Crippen MR) is 72.3 cm³/mol. The van der Waals surface area contributed by atoms with Crippen LogP contribution in [0.4, 0.5) is 5.69 Å². The van der Waals surface area contributed by atoms with Crippen LogP contribution in [0, 0.1) is 0 Å². The molecule has 1 aliphatic rings. The van der Waals surface area contributed by atoms with E-state index in [1.54, 1.807) is 18.2 Å². The van der Waals surface area contributed by atoms with E-state index < -0.39 is 10.0 Å². The van der Waals surface area contributed by atoms with Gasteiger partial charge in [-0.3, -0.25) is 0 Å². The van der Waals surface area contributed by atoms with Gasteiger partial charge in [0.25, 0.3) is 0 Å². The number of nitrogens with two attached hydrogens (primary N) is 1. The summed E-state index contributed by atoms with van der Waals surface area (Å²) in [5.41, 5.74) is 6.99. The van der Waals surface area contributed by atoms with Crippen molar-refractivity contribution in [3.05, 3.63) is 24.4 Å². The van der Waals surface area contributed by atoms with Crippen LogP contribution in [0.2, 0.25) is 0 Å². The number of fused-ring (bicyclic) bond motifs is 1. The number of sulfonamides is 1. The van der Waals surface area contributed by atoms with E-state index in [2.05, 4.69) is 9.71 Å². The summed E-state index contributed by atoms with van der Waals surface area (Å²) in [6.45, 7) is 1.01. The van der Waals surface area contributed by atoms with E-state index in [0.29, 0.717) is 30.7 Å². The molecule has 1 fully saturated rings. The van der Waals surface area contributed by atoms with Crippen molar-refractivity contribution < 1.29 is 13.2 Å². The van der Waals surface area contributed by atoms with E-state index in [1.807, 2.05) is 0 Å². The number of ether oxygens (including phenoxy) is 1. The Kier molecular flexibility index (Phi) is 2.96. The zero-order valence-corrected chi connectivity index (χ0v) is 11.0. The molecule has 2 aromatic rings. The fourth-order valence-corrected chi connectivity index (χ4v) is 3.67. The number of nitrogens with one attached hydrogen (secondary N) is 2. The third-order valence-corrected chi connectivity index (χ3v) is 4.77. The molecule has 19 heavy (non-hydrogen) atoms. The number of anilines is 1. The second kappa shape index (κ2) is 4.52. The van der Waals surface area contributed by atoms with Crippen molar-refractivity contribution >= 4 is 26.6 Å². The summed E-state index contributed by atoms with van der Waals surface area (Å²) in [6.07, 6.45) is 2.19. The number of aromatic nitrogens is 1. The fourth-order valence-electron chi connectivity index (χ4n) is 2.25. The van der Waals surface area contributed by atoms with E-state index in [0.717, 1.165) is 5.52 Å². The van der Waals surface area contributed by atoms with Gasteiger partial charge in [-0.2, -0.15) is 0 Å². The van der Waals surface area contributed by atoms with Gasteiger partial charge >= 0.3 is 0 Å². The van der Waals surface area contributed by atoms with Crippen LogP contribution in [0.15, 0.2) is 29.3 Å². The predicted octanol–water partition coefficient (Wildman–Crippen LogP) is 0.817. The Labute approximate surface area is 111 Å². The molecule has 1 atom stereocenters. The van der Waals surface area contributed by atoms with Crippen LogP contribution in [-0.4, -0.2) is 32.7 Å². The number of rotatable bonds is 3. The molecule has 7 heteroatoms. The number of hydrogen-bond donors (Lipinski definition) is 3. The highest BCUT2D eigenvalue weighted by Crippen LogP contribution is 2.25. The molecule has 2 heterocycles. The van der Waals surface area contributed by atoms with Crippen LogP contribution in [0.1, 0.15) is 6.42 Å². The van der Waals surface area contributed by atoms with Gasteiger partial charge in [0.05, 0.1) is 6.61 Å². The van der Waals surface area contributed by atoms with Crippen LogP contribution >= 0.6 is 0 Å². The summed E-state index contributed by atoms with van der Waals surface area (Å²) in [4.78, 5) is 3.16. The van der Waals surface area contributed by atoms with Gasteiger partial charge < -0.3 is 15.5 Å². The minimum absolute atomic E-state index is 0.156. The number of nitrogen functional groups attached to an aromatic ring is 1. The van der Waals surface area contributed by atoms with Crippen LogP contribution < -0.4 is 10.5 Å². The molecule has 0 saturated carbocycles. The maximum atomic E-state index is 12.3. The highest BCUT2D eigenvalue weighted by molar-refractivity contribution is 7.89. The Bertz CT molecular complexity index is 702. The zero-order valence-electron chi connectivity index (χ0n) is 10.2. The average Bonchev–Trinajstić information content (AvgIpc) is 2.96. The summed E-state index contributed by atoms with van der Waals surface area (Å²) in [5, 5.41) is 0.603. The lowest BCUT2D eigenvalue weighted by Crippen LogP contribution is -2.34. The molecule has 1 aromatic carbocycles. The van der Waals surface area contributed by atoms with Crippen molar-refractivity contribution in [1.82, 2.24) is 9.71 Å². The summed E-state index contributed by atoms with van der Waals surface area (Å²) < 4.78 is 32.5. The average molecular weight is 281 g/mol. The van der Waals surface area contributed by atoms with E-state index in [-0.39, 0.29) is 10.9 Å². The van der Waals surface area contributed by atoms with Crippen LogP contribution in [0.5, 0.6) is 0 Å². The molecule has 0 amide bonds. The Hall–Kier alpha value is -1.57. The highest BCUT2D eigenvalue weighted by Gasteiger charge is 2.25. The Morgan fingerprint density at radius 3 is 3.00 bits per heavy atom. The summed E-state index contributed by atoms with van der Waals surface area (Å²) in [7, 11) is -3.56. The van der Waals surface area contributed by atoms with Crippen molar-refractivity contribution in [3.63, 3.8) is 0 Å². The normalized spacial score (nSPS) is 20.1. The second-order valence-corrected chi connectivity index (χ2v) is 6.32. The van der Waals surface area contributed by atoms with Gasteiger partial charge in [0.1, 0.15) is 4.90 Å². The molecule has 4 N–H and O–H groups in total. The van der Waals surface area contributed by atoms with Crippen molar-refractivity contribution in [2.45, 2.75) is 17.4 Å². The highest BCUT2D eigenvalue weighted by atomic mass is 32.2. The monoisotopic (exact) mass is 281 g/mol. The second-order valence-electron chi connectivity index (χ2n) is 4.64. The quantitative estimate of drug-likeness (QED) is 0.725. The Balaban J connectivity index is 2.00. The van der Waals surface area contributed by atoms with Crippen molar-refractivity contribution in [2.75, 3.05) is 18.9 Å². The van der Waals surface area contributed by atoms with Gasteiger partial charge in [0.15, 0.2) is 0 Å². The van der Waals surface area contributed by atoms with E-state index in [9.17, 15) is 8.42 Å². The first-order valence-corrected chi connectivity index (χ1v) is 7.51. The summed E-state index contributed by atoms with van der Waals surface area (Å²) in [5.74, 6) is 0. The van der Waals surface area contributed by atoms with Crippen LogP contribution in [0.3, 0.4) is 0 Å². The van der Waals surface area contributed by atoms with E-state index in [1.165, 1.54) is 6.20 Å². The van der Waals surface area contributed by atoms with E-state index >= 15 is 0 Å². The van der Waals surface area contributed by atoms with Crippen LogP contribution in [0.25, 0.3) is 10.9 Å². The molecule has 102 valence electrons. The van der Waals surface area contributed by atoms with Gasteiger partial charge in [0.2, 0.25) is 10.0 Å². The first-order valence-electron chi connectivity index (χ1n) is 6.03. The first kappa shape index (κ1) is 12.5. The van der Waals surface area contributed by atoms with Crippen molar-refractivity contribution in [2.24, 2.45) is 0 Å². The topological polar surface area (TPSA) is 97.2 Å². The molecular formula is C12H15N3O3S. The SMILES string of the molecule is Nc1ccc2[nH]cc(S(=O)(=O)NC3CCOC3)c2c1. The molecule has 6 nitrogen and oxygen atoms in total. The third kappa shape index (κ3) is 2.32. The fraction of sp³-hybridized carbons (Fsp3) is 0.333. The summed E-state index contributed by atoms with van der Waals surface area (Å²) in [6, 6.07) is 5.00. The van der Waals surface area contributed by atoms with Crippen molar-refractivity contribution in [1.29, 1.82) is 0 Å². The molecule has 0 spiro atoms. The maximum absolute atomic E-state index is 12.3. The molecular weight excluding hydrogens is 266 g/mol. The van der Waals surface area contributed by atoms with Gasteiger partial charge in [-0.15, -0.1) is 0 Å². The molecule has 0 radical (unpaired) electrons. The lowest BCUT2D eigenvalue weighted by molar-refractivity contribution is 0.192. The Morgan fingerprint density at radius 2 is 2.26 bits per heavy atom. The number of hydrogen-bond acceptors (Lipinski definition) is 4. The van der Waals surface area contributed by atoms with Crippen LogP contribution in [-0.2, 0) is 14.8 Å². The first-order chi connectivity index (χ1) is 9.06. The summed E-state index contributed by atoms with van der Waals surface area (Å²) >= 11 is 0. The molecule has 1 saturated heterocycles. The molecule has 1 aliphatic heterocycles. The number of aromatic amines is 1. The smallest absolute Gasteiger partial charge is 0.243 e. The van der Waals surface area contributed by atoms with Gasteiger partial charge in [0, 0.05) is 35.4 Å². The molecule has 0 bridgehead atoms. The maximum Gasteiger partial charge on any atom is 0.243 e. The molecule has 1 unspecified atom stereocenters. The lowest BCUT2D eigenvalue weighted by Gasteiger charge is -2.10. The molecule has 1 aromatic heterocycles. The van der Waals surface area contributed by atoms with Crippen molar-refractivity contribution in [3.8, 4) is 0 Å². The van der Waals surface area contributed by atoms with E-state index in [4.69, 9.17) is 10.5 Å².